The average molecular weight is 146 g/mol. The van der Waals surface area contributed by atoms with Crippen molar-refractivity contribution < 1.29 is 15.1 Å². The zero-order valence-corrected chi connectivity index (χ0v) is 6.16. The summed E-state index contributed by atoms with van der Waals surface area (Å²) in [7, 11) is -2.17. The molecule has 0 spiro atoms. The first-order valence-corrected chi connectivity index (χ1v) is 2.27. The molecule has 0 radical (unpaired) electrons. The Morgan fingerprint density at radius 1 is 0.600 bits per heavy atom. The molecule has 3 nitrogen and oxygen atoms in total. The van der Waals surface area contributed by atoms with Gasteiger partial charge in [0.2, 0.25) is 0 Å². The Hall–Kier alpha value is -0.835. The maximum atomic E-state index is 7.17. The molecular weight excluding hydrogens is 131 g/mol. The number of hydrogen-bond donors (Lipinski definition) is 3. The van der Waals surface area contributed by atoms with Crippen molar-refractivity contribution in [3.63, 3.8) is 0 Å². The molecule has 0 heterocycles. The normalized spacial score (nSPS) is 3.90. The van der Waals surface area contributed by atoms with Crippen LogP contribution in [0.4, 0.5) is 0 Å². The fourth-order valence-corrected chi connectivity index (χ4v) is 0. The van der Waals surface area contributed by atoms with Gasteiger partial charge in [0, 0.05) is 0 Å². The Morgan fingerprint density at radius 3 is 0.600 bits per heavy atom. The Balaban J connectivity index is -0.0000000262. The van der Waals surface area contributed by atoms with Gasteiger partial charge in [0.1, 0.15) is 0 Å². The van der Waals surface area contributed by atoms with Crippen molar-refractivity contribution in [2.24, 2.45) is 0 Å². The summed E-state index contributed by atoms with van der Waals surface area (Å²) in [5.41, 5.74) is 0. The van der Waals surface area contributed by atoms with E-state index in [2.05, 4.69) is 39.5 Å². The molecule has 4 heteroatoms. The standard InChI is InChI=1S/3C2H4.BH3O3/c3*1-2;2-1(3)4/h3*1-2H2;2-4H. The summed E-state index contributed by atoms with van der Waals surface area (Å²) in [5.74, 6) is 0. The van der Waals surface area contributed by atoms with Crippen molar-refractivity contribution in [3.05, 3.63) is 39.5 Å². The van der Waals surface area contributed by atoms with E-state index in [-0.39, 0.29) is 0 Å². The molecular formula is C6H15BO3. The molecule has 0 bridgehead atoms. The van der Waals surface area contributed by atoms with E-state index in [0.29, 0.717) is 0 Å². The lowest BCUT2D eigenvalue weighted by Crippen LogP contribution is -2.07. The molecule has 0 atom stereocenters. The van der Waals surface area contributed by atoms with E-state index in [9.17, 15) is 0 Å². The van der Waals surface area contributed by atoms with Crippen LogP contribution in [0.15, 0.2) is 39.5 Å². The molecule has 0 aromatic heterocycles. The number of rotatable bonds is 0. The van der Waals surface area contributed by atoms with Crippen LogP contribution >= 0.6 is 0 Å². The molecule has 0 amide bonds. The monoisotopic (exact) mass is 146 g/mol. The molecule has 0 fully saturated rings. The third-order valence-electron chi connectivity index (χ3n) is 0. The van der Waals surface area contributed by atoms with Gasteiger partial charge in [-0.1, -0.05) is 0 Å². The van der Waals surface area contributed by atoms with E-state index in [1.807, 2.05) is 0 Å². The molecule has 0 saturated heterocycles. The first-order valence-electron chi connectivity index (χ1n) is 2.27. The molecule has 10 heavy (non-hydrogen) atoms. The van der Waals surface area contributed by atoms with Gasteiger partial charge in [0.25, 0.3) is 0 Å². The topological polar surface area (TPSA) is 60.7 Å². The Bertz CT molecular complexity index is 34.5. The van der Waals surface area contributed by atoms with Gasteiger partial charge in [-0.05, 0) is 0 Å². The third-order valence-corrected chi connectivity index (χ3v) is 0. The lowest BCUT2D eigenvalue weighted by molar-refractivity contribution is 0.278. The molecule has 0 aromatic rings. The van der Waals surface area contributed by atoms with E-state index in [4.69, 9.17) is 15.1 Å². The molecule has 0 aliphatic heterocycles. The van der Waals surface area contributed by atoms with Crippen LogP contribution in [0.2, 0.25) is 0 Å². The van der Waals surface area contributed by atoms with Crippen molar-refractivity contribution in [3.8, 4) is 0 Å². The summed E-state index contributed by atoms with van der Waals surface area (Å²) in [6.07, 6.45) is 0. The summed E-state index contributed by atoms with van der Waals surface area (Å²) < 4.78 is 0. The molecule has 60 valence electrons. The average Bonchev–Trinajstić information content (AvgIpc) is 1.98. The second kappa shape index (κ2) is 89.4. The molecule has 0 aliphatic carbocycles. The fourth-order valence-electron chi connectivity index (χ4n) is 0. The quantitative estimate of drug-likeness (QED) is 0.341. The minimum Gasteiger partial charge on any atom is -0.402 e. The molecule has 0 aliphatic rings. The van der Waals surface area contributed by atoms with Crippen molar-refractivity contribution in [1.29, 1.82) is 0 Å². The maximum absolute atomic E-state index is 7.17. The van der Waals surface area contributed by atoms with Crippen LogP contribution in [-0.2, 0) is 0 Å². The SMILES string of the molecule is C=C.C=C.C=C.OB(O)O. The highest BCUT2D eigenvalue weighted by atomic mass is 16.5. The summed E-state index contributed by atoms with van der Waals surface area (Å²) >= 11 is 0. The molecule has 3 N–H and O–H groups in total. The predicted molar refractivity (Wildman–Crippen MR) is 46.2 cm³/mol. The van der Waals surface area contributed by atoms with Gasteiger partial charge >= 0.3 is 7.32 Å². The Labute approximate surface area is 62.8 Å². The lowest BCUT2D eigenvalue weighted by atomic mass is 10.3. The van der Waals surface area contributed by atoms with Crippen LogP contribution in [0.25, 0.3) is 0 Å². The minimum absolute atomic E-state index is 2.17. The second-order valence-corrected chi connectivity index (χ2v) is 0.346. The smallest absolute Gasteiger partial charge is 0.402 e. The van der Waals surface area contributed by atoms with E-state index in [1.165, 1.54) is 0 Å². The van der Waals surface area contributed by atoms with Gasteiger partial charge < -0.3 is 15.1 Å². The van der Waals surface area contributed by atoms with Crippen molar-refractivity contribution >= 4 is 7.32 Å². The third kappa shape index (κ3) is 391. The Kier molecular flexibility index (Phi) is 205. The van der Waals surface area contributed by atoms with E-state index >= 15 is 0 Å². The maximum Gasteiger partial charge on any atom is 0.631 e. The second-order valence-electron chi connectivity index (χ2n) is 0.346. The van der Waals surface area contributed by atoms with Gasteiger partial charge in [0.05, 0.1) is 0 Å². The van der Waals surface area contributed by atoms with E-state index in [0.717, 1.165) is 0 Å². The molecule has 0 unspecified atom stereocenters. The van der Waals surface area contributed by atoms with Crippen LogP contribution in [-0.4, -0.2) is 22.4 Å². The van der Waals surface area contributed by atoms with Gasteiger partial charge in [-0.2, -0.15) is 0 Å². The first-order chi connectivity index (χ1) is 4.73. The fraction of sp³-hybridized carbons (Fsp3) is 0. The largest absolute Gasteiger partial charge is 0.631 e. The summed E-state index contributed by atoms with van der Waals surface area (Å²) in [5, 5.41) is 21.5. The minimum atomic E-state index is -2.17. The Morgan fingerprint density at radius 2 is 0.600 bits per heavy atom. The highest BCUT2D eigenvalue weighted by Crippen LogP contribution is 1.40. The zero-order valence-electron chi connectivity index (χ0n) is 6.16. The van der Waals surface area contributed by atoms with Crippen LogP contribution in [0.1, 0.15) is 0 Å². The highest BCUT2D eigenvalue weighted by molar-refractivity contribution is 6.30. The first kappa shape index (κ1) is 22.9. The van der Waals surface area contributed by atoms with Crippen LogP contribution < -0.4 is 0 Å². The van der Waals surface area contributed by atoms with Gasteiger partial charge in [-0.3, -0.25) is 0 Å². The summed E-state index contributed by atoms with van der Waals surface area (Å²) in [6, 6.07) is 0. The summed E-state index contributed by atoms with van der Waals surface area (Å²) in [6.45, 7) is 18.0. The van der Waals surface area contributed by atoms with Gasteiger partial charge in [0.15, 0.2) is 0 Å². The van der Waals surface area contributed by atoms with E-state index < -0.39 is 7.32 Å². The molecule has 0 rings (SSSR count). The van der Waals surface area contributed by atoms with Gasteiger partial charge in [-0.25, -0.2) is 0 Å². The van der Waals surface area contributed by atoms with Crippen LogP contribution in [0, 0.1) is 0 Å². The molecule has 0 aromatic carbocycles. The zero-order chi connectivity index (χ0) is 9.58. The number of hydrogen-bond acceptors (Lipinski definition) is 3. The van der Waals surface area contributed by atoms with Gasteiger partial charge in [-0.15, -0.1) is 39.5 Å². The van der Waals surface area contributed by atoms with E-state index in [1.54, 1.807) is 0 Å². The highest BCUT2D eigenvalue weighted by Gasteiger charge is 1.92. The molecule has 0 saturated carbocycles. The summed E-state index contributed by atoms with van der Waals surface area (Å²) in [4.78, 5) is 0. The van der Waals surface area contributed by atoms with Crippen molar-refractivity contribution in [2.75, 3.05) is 0 Å². The van der Waals surface area contributed by atoms with Crippen molar-refractivity contribution in [2.45, 2.75) is 0 Å². The lowest BCUT2D eigenvalue weighted by Gasteiger charge is -1.69. The van der Waals surface area contributed by atoms with Crippen LogP contribution in [0.5, 0.6) is 0 Å². The van der Waals surface area contributed by atoms with Crippen molar-refractivity contribution in [1.82, 2.24) is 0 Å². The van der Waals surface area contributed by atoms with Crippen LogP contribution in [0.3, 0.4) is 0 Å². The predicted octanol–water partition coefficient (Wildman–Crippen LogP) is 0.355.